The normalized spacial score (nSPS) is 15.2. The first-order valence-electron chi connectivity index (χ1n) is 2.66. The molecule has 0 fully saturated rings. The Morgan fingerprint density at radius 1 is 1.78 bits per heavy atom. The van der Waals surface area contributed by atoms with Crippen LogP contribution in [0.4, 0.5) is 0 Å². The highest BCUT2D eigenvalue weighted by Gasteiger charge is 1.92. The molecule has 0 saturated carbocycles. The number of hydrogen-bond donors (Lipinski definition) is 1. The third kappa shape index (κ3) is 5.49. The van der Waals surface area contributed by atoms with E-state index in [1.54, 1.807) is 13.3 Å². The van der Waals surface area contributed by atoms with E-state index in [1.165, 1.54) is 0 Å². The highest BCUT2D eigenvalue weighted by atomic mass is 32.2. The molecule has 0 bridgehead atoms. The Morgan fingerprint density at radius 3 is 2.67 bits per heavy atom. The third-order valence-electron chi connectivity index (χ3n) is 0.715. The fourth-order valence-electron chi connectivity index (χ4n) is 0.517. The second-order valence-corrected chi connectivity index (χ2v) is 3.22. The number of nitrogens with one attached hydrogen (secondary N) is 1. The molecule has 54 valence electrons. The summed E-state index contributed by atoms with van der Waals surface area (Å²) in [6.07, 6.45) is 1.66. The van der Waals surface area contributed by atoms with Crippen molar-refractivity contribution in [2.45, 2.75) is 6.92 Å². The van der Waals surface area contributed by atoms with E-state index in [0.717, 1.165) is 5.71 Å². The lowest BCUT2D eigenvalue weighted by molar-refractivity contribution is 0.689. The minimum Gasteiger partial charge on any atom is -0.313 e. The van der Waals surface area contributed by atoms with Crippen LogP contribution in [0.25, 0.3) is 0 Å². The highest BCUT2D eigenvalue weighted by molar-refractivity contribution is 7.85. The molecule has 0 rings (SSSR count). The molecular formula is C5H12N2OS. The molecule has 0 spiro atoms. The molecule has 0 aromatic rings. The van der Waals surface area contributed by atoms with Crippen molar-refractivity contribution in [3.05, 3.63) is 0 Å². The molecule has 0 aliphatic rings. The third-order valence-corrected chi connectivity index (χ3v) is 1.54. The zero-order valence-corrected chi connectivity index (χ0v) is 6.79. The molecule has 0 heterocycles. The Bertz CT molecular complexity index is 133. The van der Waals surface area contributed by atoms with Crippen molar-refractivity contribution in [1.29, 1.82) is 0 Å². The summed E-state index contributed by atoms with van der Waals surface area (Å²) >= 11 is 0. The van der Waals surface area contributed by atoms with Crippen molar-refractivity contribution in [1.82, 2.24) is 5.43 Å². The number of hydrogen-bond acceptors (Lipinski definition) is 3. The van der Waals surface area contributed by atoms with Crippen LogP contribution in [0.5, 0.6) is 0 Å². The molecule has 0 aromatic carbocycles. The lowest BCUT2D eigenvalue weighted by atomic mass is 10.5. The Labute approximate surface area is 58.0 Å². The molecule has 4 heteroatoms. The number of hydrazone groups is 1. The summed E-state index contributed by atoms with van der Waals surface area (Å²) in [5, 5.41) is 3.84. The van der Waals surface area contributed by atoms with Crippen molar-refractivity contribution in [3.8, 4) is 0 Å². The van der Waals surface area contributed by atoms with E-state index in [4.69, 9.17) is 0 Å². The van der Waals surface area contributed by atoms with Gasteiger partial charge in [0, 0.05) is 29.8 Å². The summed E-state index contributed by atoms with van der Waals surface area (Å²) in [7, 11) is 0.956. The van der Waals surface area contributed by atoms with E-state index in [-0.39, 0.29) is 0 Å². The number of rotatable bonds is 3. The van der Waals surface area contributed by atoms with Crippen LogP contribution in [-0.4, -0.2) is 29.0 Å². The fourth-order valence-corrected chi connectivity index (χ4v) is 1.17. The minimum atomic E-state index is -0.768. The van der Waals surface area contributed by atoms with E-state index in [2.05, 4.69) is 10.5 Å². The van der Waals surface area contributed by atoms with Crippen molar-refractivity contribution < 1.29 is 4.21 Å². The summed E-state index contributed by atoms with van der Waals surface area (Å²) in [4.78, 5) is 0. The highest BCUT2D eigenvalue weighted by Crippen LogP contribution is 1.78. The van der Waals surface area contributed by atoms with Crippen LogP contribution >= 0.6 is 0 Å². The average Bonchev–Trinajstić information content (AvgIpc) is 1.63. The second-order valence-electron chi connectivity index (χ2n) is 1.79. The molecular weight excluding hydrogens is 136 g/mol. The molecule has 0 aliphatic carbocycles. The second kappa shape index (κ2) is 4.49. The Kier molecular flexibility index (Phi) is 4.30. The smallest absolute Gasteiger partial charge is 0.0631 e. The van der Waals surface area contributed by atoms with Gasteiger partial charge in [-0.05, 0) is 6.92 Å². The molecule has 0 amide bonds. The lowest BCUT2D eigenvalue weighted by Crippen LogP contribution is -2.09. The van der Waals surface area contributed by atoms with Crippen LogP contribution < -0.4 is 5.43 Å². The van der Waals surface area contributed by atoms with Gasteiger partial charge in [0.1, 0.15) is 0 Å². The van der Waals surface area contributed by atoms with Crippen molar-refractivity contribution in [2.75, 3.05) is 19.1 Å². The lowest BCUT2D eigenvalue weighted by Gasteiger charge is -1.94. The molecule has 1 N–H and O–H groups in total. The van der Waals surface area contributed by atoms with E-state index in [0.29, 0.717) is 5.75 Å². The molecule has 3 nitrogen and oxygen atoms in total. The maximum atomic E-state index is 10.5. The zero-order valence-electron chi connectivity index (χ0n) is 5.97. The van der Waals surface area contributed by atoms with E-state index >= 15 is 0 Å². The Morgan fingerprint density at radius 2 is 2.33 bits per heavy atom. The predicted octanol–water partition coefficient (Wildman–Crippen LogP) is -0.0398. The van der Waals surface area contributed by atoms with E-state index in [1.807, 2.05) is 6.92 Å². The largest absolute Gasteiger partial charge is 0.313 e. The molecule has 0 aromatic heterocycles. The Balaban J connectivity index is 3.62. The molecule has 1 unspecified atom stereocenters. The topological polar surface area (TPSA) is 41.5 Å². The van der Waals surface area contributed by atoms with E-state index < -0.39 is 10.8 Å². The van der Waals surface area contributed by atoms with Gasteiger partial charge in [-0.3, -0.25) is 4.21 Å². The van der Waals surface area contributed by atoms with Gasteiger partial charge >= 0.3 is 0 Å². The van der Waals surface area contributed by atoms with Crippen molar-refractivity contribution in [2.24, 2.45) is 5.10 Å². The molecule has 0 saturated heterocycles. The predicted molar refractivity (Wildman–Crippen MR) is 41.1 cm³/mol. The van der Waals surface area contributed by atoms with Gasteiger partial charge in [0.2, 0.25) is 0 Å². The maximum Gasteiger partial charge on any atom is 0.0631 e. The van der Waals surface area contributed by atoms with Crippen LogP contribution in [0.2, 0.25) is 0 Å². The van der Waals surface area contributed by atoms with Gasteiger partial charge in [0.05, 0.1) is 5.75 Å². The van der Waals surface area contributed by atoms with Gasteiger partial charge in [-0.25, -0.2) is 0 Å². The molecule has 0 radical (unpaired) electrons. The van der Waals surface area contributed by atoms with Crippen LogP contribution in [0.1, 0.15) is 6.92 Å². The van der Waals surface area contributed by atoms with Gasteiger partial charge in [-0.1, -0.05) is 0 Å². The molecule has 0 aliphatic heterocycles. The monoisotopic (exact) mass is 148 g/mol. The van der Waals surface area contributed by atoms with Gasteiger partial charge in [-0.2, -0.15) is 5.10 Å². The van der Waals surface area contributed by atoms with Gasteiger partial charge < -0.3 is 5.43 Å². The van der Waals surface area contributed by atoms with Crippen LogP contribution in [0.3, 0.4) is 0 Å². The van der Waals surface area contributed by atoms with Gasteiger partial charge in [0.25, 0.3) is 0 Å². The summed E-state index contributed by atoms with van der Waals surface area (Å²) in [5.41, 5.74) is 3.50. The maximum absolute atomic E-state index is 10.5. The summed E-state index contributed by atoms with van der Waals surface area (Å²) < 4.78 is 10.5. The first-order chi connectivity index (χ1) is 4.16. The molecule has 1 atom stereocenters. The van der Waals surface area contributed by atoms with Crippen molar-refractivity contribution in [3.63, 3.8) is 0 Å². The van der Waals surface area contributed by atoms with Gasteiger partial charge in [0.15, 0.2) is 0 Å². The SMILES string of the molecule is CNN=C(C)CS(C)=O. The van der Waals surface area contributed by atoms with Crippen LogP contribution in [0, 0.1) is 0 Å². The minimum absolute atomic E-state index is 0.556. The zero-order chi connectivity index (χ0) is 7.28. The first kappa shape index (κ1) is 8.62. The van der Waals surface area contributed by atoms with Gasteiger partial charge in [-0.15, -0.1) is 0 Å². The average molecular weight is 148 g/mol. The van der Waals surface area contributed by atoms with Crippen LogP contribution in [-0.2, 0) is 10.8 Å². The first-order valence-corrected chi connectivity index (χ1v) is 4.39. The summed E-state index contributed by atoms with van der Waals surface area (Å²) in [6.45, 7) is 1.85. The quantitative estimate of drug-likeness (QED) is 0.451. The fraction of sp³-hybridized carbons (Fsp3) is 0.800. The molecule has 9 heavy (non-hydrogen) atoms. The summed E-state index contributed by atoms with van der Waals surface area (Å²) in [6, 6.07) is 0. The Hall–Kier alpha value is -0.380. The number of nitrogens with zero attached hydrogens (tertiary/aromatic N) is 1. The van der Waals surface area contributed by atoms with E-state index in [9.17, 15) is 4.21 Å². The summed E-state index contributed by atoms with van der Waals surface area (Å²) in [5.74, 6) is 0.556. The standard InChI is InChI=1S/C5H12N2OS/c1-5(7-6-2)4-9(3)8/h6H,4H2,1-3H3. The van der Waals surface area contributed by atoms with Crippen LogP contribution in [0.15, 0.2) is 5.10 Å². The van der Waals surface area contributed by atoms with Crippen molar-refractivity contribution >= 4 is 16.5 Å².